The highest BCUT2D eigenvalue weighted by Gasteiger charge is 2.23. The van der Waals surface area contributed by atoms with Gasteiger partial charge in [0.25, 0.3) is 0 Å². The molecule has 0 aliphatic rings. The van der Waals surface area contributed by atoms with Crippen molar-refractivity contribution in [2.45, 2.75) is 4.84 Å². The fraction of sp³-hybridized carbons (Fsp3) is 0.500. The number of hydrogen-bond acceptors (Lipinski definition) is 3. The topological polar surface area (TPSA) is 60.2 Å². The minimum absolute atomic E-state index is 1.16. The molecule has 0 spiro atoms. The highest BCUT2D eigenvalue weighted by molar-refractivity contribution is 6.52. The van der Waals surface area contributed by atoms with Gasteiger partial charge in [-0.3, -0.25) is 10.1 Å². The van der Waals surface area contributed by atoms with Crippen molar-refractivity contribution in [2.24, 2.45) is 0 Å². The van der Waals surface area contributed by atoms with Gasteiger partial charge in [0, 0.05) is 0 Å². The second-order valence-corrected chi connectivity index (χ2v) is 1.99. The van der Waals surface area contributed by atoms with Crippen LogP contribution in [0, 0.1) is 10.1 Å². The first-order valence-electron chi connectivity index (χ1n) is 1.52. The second-order valence-electron chi connectivity index (χ2n) is 0.896. The minimum Gasteiger partial charge on any atom is -0.256 e. The second kappa shape index (κ2) is 2.84. The molecule has 0 bridgehead atoms. The van der Waals surface area contributed by atoms with Gasteiger partial charge in [-0.2, -0.15) is 0 Å². The molecule has 0 N–H and O–H groups in total. The van der Waals surface area contributed by atoms with Gasteiger partial charge in [0.15, 0.2) is 0 Å². The Balaban J connectivity index is 3.84. The lowest BCUT2D eigenvalue weighted by Crippen LogP contribution is -2.17. The molecule has 0 unspecified atom stereocenters. The van der Waals surface area contributed by atoms with Gasteiger partial charge in [0.1, 0.15) is 4.92 Å². The summed E-state index contributed by atoms with van der Waals surface area (Å²) in [4.78, 5) is 16.6. The molecule has 0 aromatic heterocycles. The zero-order valence-corrected chi connectivity index (χ0v) is 5.02. The predicted octanol–water partition coefficient (Wildman–Crippen LogP) is 0.593. The van der Waals surface area contributed by atoms with E-state index in [0.717, 1.165) is 0 Å². The Hall–Kier alpha value is -0.350. The van der Waals surface area contributed by atoms with Crippen LogP contribution in [-0.2, 0) is 4.79 Å². The quantitative estimate of drug-likeness (QED) is 0.318. The van der Waals surface area contributed by atoms with Gasteiger partial charge in [-0.1, -0.05) is 23.2 Å². The van der Waals surface area contributed by atoms with Crippen LogP contribution in [0.5, 0.6) is 0 Å². The van der Waals surface area contributed by atoms with Crippen molar-refractivity contribution in [2.75, 3.05) is 0 Å². The summed E-state index contributed by atoms with van der Waals surface area (Å²) < 4.78 is 0. The molecule has 0 radical (unpaired) electrons. The summed E-state index contributed by atoms with van der Waals surface area (Å²) in [6.45, 7) is 0. The summed E-state index contributed by atoms with van der Waals surface area (Å²) in [6.07, 6.45) is 0. The number of carbonyl (C=O) groups excluding carboxylic acids is 1. The number of alkyl halides is 2. The molecule has 0 saturated heterocycles. The maximum Gasteiger partial charge on any atom is 0.477 e. The number of carbonyl (C=O) groups is 1. The third kappa shape index (κ3) is 2.09. The Morgan fingerprint density at radius 2 is 2.00 bits per heavy atom. The van der Waals surface area contributed by atoms with Crippen molar-refractivity contribution in [3.63, 3.8) is 0 Å². The Labute approximate surface area is 54.5 Å². The minimum atomic E-state index is -1.55. The van der Waals surface area contributed by atoms with Crippen LogP contribution in [0.25, 0.3) is 0 Å². The third-order valence-electron chi connectivity index (χ3n) is 0.367. The van der Waals surface area contributed by atoms with Crippen molar-refractivity contribution in [1.82, 2.24) is 0 Å². The van der Waals surface area contributed by atoms with Crippen LogP contribution < -0.4 is 0 Å². The van der Waals surface area contributed by atoms with E-state index >= 15 is 0 Å². The first-order valence-corrected chi connectivity index (χ1v) is 2.39. The fourth-order valence-corrected chi connectivity index (χ4v) is 0.239. The summed E-state index contributed by atoms with van der Waals surface area (Å²) in [6, 6.07) is 0. The van der Waals surface area contributed by atoms with E-state index in [9.17, 15) is 14.9 Å². The number of halogens is 2. The largest absolute Gasteiger partial charge is 0.477 e. The Bertz CT molecular complexity index is 122. The maximum absolute atomic E-state index is 9.88. The number of nitro groups is 1. The lowest BCUT2D eigenvalue weighted by molar-refractivity contribution is -0.400. The first-order chi connectivity index (χ1) is 3.55. The summed E-state index contributed by atoms with van der Waals surface area (Å²) in [5.41, 5.74) is 0. The molecule has 0 aromatic carbocycles. The average Bonchev–Trinajstić information content (AvgIpc) is 1.64. The summed E-state index contributed by atoms with van der Waals surface area (Å²) in [7, 11) is 0. The highest BCUT2D eigenvalue weighted by atomic mass is 35.5. The number of amides is 1. The molecule has 8 heavy (non-hydrogen) atoms. The van der Waals surface area contributed by atoms with Gasteiger partial charge in [0.05, 0.1) is 0 Å². The molecule has 0 saturated carbocycles. The van der Waals surface area contributed by atoms with Crippen molar-refractivity contribution in [1.29, 1.82) is 0 Å². The normalized spacial score (nSPS) is 9.38. The summed E-state index contributed by atoms with van der Waals surface area (Å²) >= 11 is 9.59. The van der Waals surface area contributed by atoms with E-state index in [1.165, 1.54) is 0 Å². The van der Waals surface area contributed by atoms with E-state index in [0.29, 0.717) is 0 Å². The van der Waals surface area contributed by atoms with E-state index in [4.69, 9.17) is 23.2 Å². The summed E-state index contributed by atoms with van der Waals surface area (Å²) in [5.74, 6) is -1.40. The van der Waals surface area contributed by atoms with Crippen LogP contribution in [0.1, 0.15) is 0 Å². The van der Waals surface area contributed by atoms with Crippen LogP contribution >= 0.6 is 23.2 Å². The lowest BCUT2D eigenvalue weighted by atomic mass is 10.7. The molecule has 0 atom stereocenters. The van der Waals surface area contributed by atoms with Crippen molar-refractivity contribution in [3.05, 3.63) is 10.1 Å². The molecular formula is C2HCl2NO3. The molecule has 0 rings (SSSR count). The van der Waals surface area contributed by atoms with Crippen LogP contribution in [0.15, 0.2) is 0 Å². The van der Waals surface area contributed by atoms with Crippen molar-refractivity contribution < 1.29 is 9.72 Å². The van der Waals surface area contributed by atoms with Crippen LogP contribution in [0.3, 0.4) is 0 Å². The number of nitrogens with zero attached hydrogens (tertiary/aromatic N) is 1. The van der Waals surface area contributed by atoms with E-state index < -0.39 is 15.7 Å². The molecule has 46 valence electrons. The molecular weight excluding hydrogens is 157 g/mol. The smallest absolute Gasteiger partial charge is 0.256 e. The molecule has 0 aliphatic heterocycles. The Morgan fingerprint density at radius 1 is 1.62 bits per heavy atom. The highest BCUT2D eigenvalue weighted by Crippen LogP contribution is 2.01. The summed E-state index contributed by atoms with van der Waals surface area (Å²) in [5, 5.41) is 9.43. The maximum atomic E-state index is 9.88. The van der Waals surface area contributed by atoms with Crippen molar-refractivity contribution in [3.8, 4) is 0 Å². The predicted molar refractivity (Wildman–Crippen MR) is 27.5 cm³/mol. The zero-order valence-electron chi connectivity index (χ0n) is 3.51. The molecule has 4 nitrogen and oxygen atoms in total. The van der Waals surface area contributed by atoms with Gasteiger partial charge in [-0.05, 0) is 0 Å². The SMILES string of the molecule is O=C(C(Cl)Cl)[N+](=O)[O-]. The van der Waals surface area contributed by atoms with Gasteiger partial charge in [-0.15, -0.1) is 0 Å². The average molecular weight is 158 g/mol. The van der Waals surface area contributed by atoms with E-state index in [1.54, 1.807) is 0 Å². The number of hydrogen-bond donors (Lipinski definition) is 0. The Kier molecular flexibility index (Phi) is 2.71. The standard InChI is InChI=1S/C2HCl2NO3/c3-1(4)2(6)5(7)8/h1H. The first kappa shape index (κ1) is 7.65. The van der Waals surface area contributed by atoms with Crippen molar-refractivity contribution >= 4 is 29.1 Å². The van der Waals surface area contributed by atoms with Crippen LogP contribution in [-0.4, -0.2) is 15.7 Å². The fourth-order valence-electron chi connectivity index (χ4n) is 0.0797. The molecule has 0 fully saturated rings. The molecule has 1 amide bonds. The van der Waals surface area contributed by atoms with E-state index in [2.05, 4.69) is 0 Å². The zero-order chi connectivity index (χ0) is 6.73. The molecule has 0 aliphatic carbocycles. The van der Waals surface area contributed by atoms with Crippen LogP contribution in [0.2, 0.25) is 0 Å². The van der Waals surface area contributed by atoms with E-state index in [-0.39, 0.29) is 0 Å². The number of rotatable bonds is 1. The molecule has 6 heteroatoms. The monoisotopic (exact) mass is 157 g/mol. The molecule has 0 aromatic rings. The third-order valence-corrected chi connectivity index (χ3v) is 0.740. The van der Waals surface area contributed by atoms with E-state index in [1.807, 2.05) is 0 Å². The molecule has 0 heterocycles. The Morgan fingerprint density at radius 3 is 2.00 bits per heavy atom. The van der Waals surface area contributed by atoms with Gasteiger partial charge in [-0.25, -0.2) is 4.79 Å². The lowest BCUT2D eigenvalue weighted by Gasteiger charge is -1.85. The van der Waals surface area contributed by atoms with Gasteiger partial charge < -0.3 is 0 Å². The van der Waals surface area contributed by atoms with Gasteiger partial charge in [0.2, 0.25) is 4.84 Å². The van der Waals surface area contributed by atoms with Gasteiger partial charge >= 0.3 is 5.91 Å². The van der Waals surface area contributed by atoms with Crippen LogP contribution in [0.4, 0.5) is 0 Å².